The fraction of sp³-hybridized carbons (Fsp3) is 0.450. The average Bonchev–Trinajstić information content (AvgIpc) is 2.56. The van der Waals surface area contributed by atoms with Crippen molar-refractivity contribution in [1.82, 2.24) is 0 Å². The Morgan fingerprint density at radius 1 is 1.00 bits per heavy atom. The third-order valence-electron chi connectivity index (χ3n) is 6.08. The molecule has 0 fully saturated rings. The monoisotopic (exact) mass is 358 g/mol. The predicted octanol–water partition coefficient (Wildman–Crippen LogP) is 5.60. The third-order valence-corrected chi connectivity index (χ3v) is 6.57. The number of hydrogen-bond donors (Lipinski definition) is 0. The summed E-state index contributed by atoms with van der Waals surface area (Å²) in [7, 11) is 0. The lowest BCUT2D eigenvalue weighted by molar-refractivity contribution is -0.769. The molecule has 0 spiro atoms. The molecule has 1 aromatic heterocycles. The molecule has 1 aliphatic rings. The van der Waals surface area contributed by atoms with E-state index in [1.165, 1.54) is 16.8 Å². The van der Waals surface area contributed by atoms with E-state index in [-0.39, 0.29) is 11.0 Å². The van der Waals surface area contributed by atoms with Crippen LogP contribution >= 0.6 is 15.9 Å². The van der Waals surface area contributed by atoms with Crippen LogP contribution in [-0.4, -0.2) is 0 Å². The normalized spacial score (nSPS) is 22.0. The van der Waals surface area contributed by atoms with Crippen molar-refractivity contribution < 1.29 is 4.57 Å². The van der Waals surface area contributed by atoms with Crippen LogP contribution in [0, 0.1) is 0 Å². The second kappa shape index (κ2) is 5.49. The lowest BCUT2D eigenvalue weighted by Crippen LogP contribution is -2.68. The van der Waals surface area contributed by atoms with Gasteiger partial charge in [0, 0.05) is 29.4 Å². The summed E-state index contributed by atoms with van der Waals surface area (Å²) in [4.78, 5) is 0. The number of rotatable bonds is 3. The van der Waals surface area contributed by atoms with Gasteiger partial charge in [-0.05, 0) is 37.1 Å². The predicted molar refractivity (Wildman–Crippen MR) is 96.0 cm³/mol. The van der Waals surface area contributed by atoms with Gasteiger partial charge in [-0.2, -0.15) is 4.57 Å². The molecule has 2 aromatic rings. The molecule has 1 atom stereocenters. The maximum atomic E-state index is 3.66. The minimum absolute atomic E-state index is 0.138. The molecular weight excluding hydrogens is 334 g/mol. The first-order valence-electron chi connectivity index (χ1n) is 8.35. The van der Waals surface area contributed by atoms with Crippen molar-refractivity contribution in [2.75, 3.05) is 0 Å². The number of halogens is 1. The molecule has 1 nitrogen and oxygen atoms in total. The van der Waals surface area contributed by atoms with Crippen molar-refractivity contribution >= 4 is 15.9 Å². The fourth-order valence-electron chi connectivity index (χ4n) is 4.65. The summed E-state index contributed by atoms with van der Waals surface area (Å²) in [5.41, 5.74) is 4.49. The molecule has 1 unspecified atom stereocenters. The summed E-state index contributed by atoms with van der Waals surface area (Å²) in [5.74, 6) is 0. The lowest BCUT2D eigenvalue weighted by Gasteiger charge is -2.47. The standard InChI is InChI=1S/C20H25BrN/c1-5-19(4)17-12-11-15(21)14-16(17)18-10-8-9-13-22(18)20(19,6-2)7-3/h8-14H,5-7H2,1-4H3/q+1. The molecular formula is C20H25BrN+. The molecule has 0 aliphatic carbocycles. The van der Waals surface area contributed by atoms with Crippen molar-refractivity contribution in [3.8, 4) is 11.3 Å². The molecule has 2 heteroatoms. The average molecular weight is 359 g/mol. The van der Waals surface area contributed by atoms with Gasteiger partial charge in [-0.15, -0.1) is 0 Å². The van der Waals surface area contributed by atoms with Gasteiger partial charge < -0.3 is 0 Å². The largest absolute Gasteiger partial charge is 0.213 e. The van der Waals surface area contributed by atoms with E-state index in [1.54, 1.807) is 0 Å². The zero-order valence-electron chi connectivity index (χ0n) is 14.0. The molecule has 1 aromatic carbocycles. The van der Waals surface area contributed by atoms with Crippen molar-refractivity contribution in [3.63, 3.8) is 0 Å². The summed E-state index contributed by atoms with van der Waals surface area (Å²) in [5, 5.41) is 0. The number of fused-ring (bicyclic) bond motifs is 3. The maximum absolute atomic E-state index is 3.66. The number of benzene rings is 1. The van der Waals surface area contributed by atoms with Gasteiger partial charge in [0.25, 0.3) is 0 Å². The first kappa shape index (κ1) is 15.7. The van der Waals surface area contributed by atoms with Gasteiger partial charge in [0.1, 0.15) is 0 Å². The molecule has 0 N–H and O–H groups in total. The van der Waals surface area contributed by atoms with Crippen LogP contribution in [0.4, 0.5) is 0 Å². The second-order valence-corrected chi connectivity index (χ2v) is 7.49. The minimum Gasteiger partial charge on any atom is -0.192 e. The molecule has 0 radical (unpaired) electrons. The fourth-order valence-corrected chi connectivity index (χ4v) is 5.01. The molecule has 0 amide bonds. The summed E-state index contributed by atoms with van der Waals surface area (Å²) < 4.78 is 3.70. The maximum Gasteiger partial charge on any atom is 0.213 e. The quantitative estimate of drug-likeness (QED) is 0.628. The highest BCUT2D eigenvalue weighted by atomic mass is 79.9. The Bertz CT molecular complexity index is 703. The van der Waals surface area contributed by atoms with Crippen molar-refractivity contribution in [2.45, 2.75) is 57.9 Å². The Morgan fingerprint density at radius 2 is 1.73 bits per heavy atom. The second-order valence-electron chi connectivity index (χ2n) is 6.57. The van der Waals surface area contributed by atoms with E-state index in [0.717, 1.165) is 23.7 Å². The van der Waals surface area contributed by atoms with Crippen LogP contribution in [0.2, 0.25) is 0 Å². The molecule has 0 saturated heterocycles. The van der Waals surface area contributed by atoms with Crippen LogP contribution in [0.25, 0.3) is 11.3 Å². The van der Waals surface area contributed by atoms with E-state index in [9.17, 15) is 0 Å². The van der Waals surface area contributed by atoms with Crippen LogP contribution in [0.1, 0.15) is 52.5 Å². The summed E-state index contributed by atoms with van der Waals surface area (Å²) in [6.07, 6.45) is 5.71. The minimum atomic E-state index is 0.138. The third kappa shape index (κ3) is 1.86. The van der Waals surface area contributed by atoms with Crippen LogP contribution < -0.4 is 4.57 Å². The highest BCUT2D eigenvalue weighted by Crippen LogP contribution is 2.51. The van der Waals surface area contributed by atoms with E-state index in [1.807, 2.05) is 0 Å². The zero-order valence-corrected chi connectivity index (χ0v) is 15.6. The molecule has 116 valence electrons. The van der Waals surface area contributed by atoms with Gasteiger partial charge in [-0.3, -0.25) is 0 Å². The number of nitrogens with zero attached hydrogens (tertiary/aromatic N) is 1. The van der Waals surface area contributed by atoms with E-state index >= 15 is 0 Å². The van der Waals surface area contributed by atoms with E-state index in [4.69, 9.17) is 0 Å². The first-order chi connectivity index (χ1) is 10.5. The van der Waals surface area contributed by atoms with E-state index in [0.29, 0.717) is 0 Å². The summed E-state index contributed by atoms with van der Waals surface area (Å²) in [6.45, 7) is 9.46. The van der Waals surface area contributed by atoms with Crippen LogP contribution in [0.15, 0.2) is 47.1 Å². The smallest absolute Gasteiger partial charge is 0.192 e. The molecule has 0 bridgehead atoms. The highest BCUT2D eigenvalue weighted by molar-refractivity contribution is 9.10. The van der Waals surface area contributed by atoms with Crippen molar-refractivity contribution in [1.29, 1.82) is 0 Å². The van der Waals surface area contributed by atoms with Gasteiger partial charge in [0.2, 0.25) is 5.69 Å². The number of pyridine rings is 1. The topological polar surface area (TPSA) is 3.88 Å². The Balaban J connectivity index is 2.44. The summed E-state index contributed by atoms with van der Waals surface area (Å²) >= 11 is 3.66. The van der Waals surface area contributed by atoms with Gasteiger partial charge in [0.05, 0.1) is 11.0 Å². The Kier molecular flexibility index (Phi) is 3.92. The lowest BCUT2D eigenvalue weighted by atomic mass is 9.59. The Morgan fingerprint density at radius 3 is 2.36 bits per heavy atom. The zero-order chi connectivity index (χ0) is 16.0. The molecule has 22 heavy (non-hydrogen) atoms. The SMILES string of the molecule is CCC1(C)c2ccc(Br)cc2-c2cccc[n+]2C1(CC)CC. The van der Waals surface area contributed by atoms with Crippen LogP contribution in [0.3, 0.4) is 0 Å². The van der Waals surface area contributed by atoms with Crippen molar-refractivity contribution in [3.05, 3.63) is 52.6 Å². The molecule has 1 aliphatic heterocycles. The Hall–Kier alpha value is -1.15. The van der Waals surface area contributed by atoms with Gasteiger partial charge in [0.15, 0.2) is 11.7 Å². The highest BCUT2D eigenvalue weighted by Gasteiger charge is 2.57. The van der Waals surface area contributed by atoms with Gasteiger partial charge in [-0.1, -0.05) is 42.8 Å². The van der Waals surface area contributed by atoms with Gasteiger partial charge in [-0.25, -0.2) is 0 Å². The number of hydrogen-bond acceptors (Lipinski definition) is 0. The van der Waals surface area contributed by atoms with E-state index < -0.39 is 0 Å². The van der Waals surface area contributed by atoms with E-state index in [2.05, 4.69) is 90.8 Å². The molecule has 3 rings (SSSR count). The molecule has 2 heterocycles. The van der Waals surface area contributed by atoms with Crippen LogP contribution in [0.5, 0.6) is 0 Å². The number of aromatic nitrogens is 1. The van der Waals surface area contributed by atoms with Gasteiger partial charge >= 0.3 is 0 Å². The van der Waals surface area contributed by atoms with Crippen molar-refractivity contribution in [2.24, 2.45) is 0 Å². The van der Waals surface area contributed by atoms with Crippen LogP contribution in [-0.2, 0) is 11.0 Å². The molecule has 0 saturated carbocycles. The first-order valence-corrected chi connectivity index (χ1v) is 9.15. The summed E-state index contributed by atoms with van der Waals surface area (Å²) in [6, 6.07) is 13.4. The Labute approximate surface area is 142 Å².